The van der Waals surface area contributed by atoms with Crippen LogP contribution in [0.2, 0.25) is 0 Å². The molecule has 0 amide bonds. The van der Waals surface area contributed by atoms with Crippen molar-refractivity contribution in [2.45, 2.75) is 19.8 Å². The molecule has 1 aromatic rings. The second-order valence-corrected chi connectivity index (χ2v) is 4.07. The average molecular weight is 263 g/mol. The Balaban J connectivity index is 2.00. The smallest absolute Gasteiger partial charge is 0.120 e. The molecule has 0 bridgehead atoms. The number of nitrogens with zero attached hydrogens (tertiary/aromatic N) is 1. The van der Waals surface area contributed by atoms with Crippen molar-refractivity contribution in [1.82, 2.24) is 0 Å². The lowest BCUT2D eigenvalue weighted by Gasteiger charge is -2.07. The van der Waals surface area contributed by atoms with Gasteiger partial charge in [-0.1, -0.05) is 19.4 Å². The molecule has 0 atom stereocenters. The first kappa shape index (κ1) is 15.5. The maximum absolute atomic E-state index is 8.75. The Morgan fingerprint density at radius 1 is 1.05 bits per heavy atom. The summed E-state index contributed by atoms with van der Waals surface area (Å²) in [6.07, 6.45) is 2.24. The second-order valence-electron chi connectivity index (χ2n) is 4.07. The van der Waals surface area contributed by atoms with Gasteiger partial charge in [-0.25, -0.2) is 0 Å². The molecule has 1 rings (SSSR count). The van der Waals surface area contributed by atoms with E-state index in [0.29, 0.717) is 37.7 Å². The molecule has 0 aromatic heterocycles. The number of unbranched alkanes of at least 4 members (excludes halogenated alkanes) is 1. The van der Waals surface area contributed by atoms with Crippen LogP contribution in [0.25, 0.3) is 0 Å². The molecule has 0 N–H and O–H groups in total. The lowest BCUT2D eigenvalue weighted by molar-refractivity contribution is 0.0356. The highest BCUT2D eigenvalue weighted by atomic mass is 16.5. The first-order valence-corrected chi connectivity index (χ1v) is 6.65. The van der Waals surface area contributed by atoms with Crippen LogP contribution in [0.1, 0.15) is 25.3 Å². The van der Waals surface area contributed by atoms with Crippen LogP contribution in [0, 0.1) is 11.3 Å². The van der Waals surface area contributed by atoms with Crippen LogP contribution in [0.3, 0.4) is 0 Å². The first-order chi connectivity index (χ1) is 9.36. The van der Waals surface area contributed by atoms with E-state index in [4.69, 9.17) is 19.5 Å². The molecule has 104 valence electrons. The zero-order chi connectivity index (χ0) is 13.8. The monoisotopic (exact) mass is 263 g/mol. The lowest BCUT2D eigenvalue weighted by atomic mass is 10.2. The highest BCUT2D eigenvalue weighted by Crippen LogP contribution is 2.12. The Morgan fingerprint density at radius 2 is 1.79 bits per heavy atom. The van der Waals surface area contributed by atoms with Crippen molar-refractivity contribution in [3.05, 3.63) is 29.8 Å². The Hall–Kier alpha value is -1.57. The maximum Gasteiger partial charge on any atom is 0.120 e. The summed E-state index contributed by atoms with van der Waals surface area (Å²) in [5.74, 6) is 0.696. The van der Waals surface area contributed by atoms with Gasteiger partial charge in [-0.3, -0.25) is 0 Å². The molecule has 4 heteroatoms. The average Bonchev–Trinajstić information content (AvgIpc) is 2.46. The van der Waals surface area contributed by atoms with Gasteiger partial charge in [0.25, 0.3) is 0 Å². The molecule has 0 unspecified atom stereocenters. The van der Waals surface area contributed by atoms with Crippen LogP contribution in [0.15, 0.2) is 24.3 Å². The maximum atomic E-state index is 8.75. The zero-order valence-corrected chi connectivity index (χ0v) is 11.4. The fourth-order valence-electron chi connectivity index (χ4n) is 1.44. The highest BCUT2D eigenvalue weighted by molar-refractivity contribution is 5.36. The molecule has 0 radical (unpaired) electrons. The van der Waals surface area contributed by atoms with Gasteiger partial charge in [0, 0.05) is 6.61 Å². The van der Waals surface area contributed by atoms with Crippen LogP contribution in [0.4, 0.5) is 0 Å². The van der Waals surface area contributed by atoms with Crippen molar-refractivity contribution in [3.63, 3.8) is 0 Å². The molecule has 0 aliphatic heterocycles. The van der Waals surface area contributed by atoms with Crippen LogP contribution < -0.4 is 4.74 Å². The van der Waals surface area contributed by atoms with E-state index in [-0.39, 0.29) is 0 Å². The minimum atomic E-state index is 0.476. The predicted molar refractivity (Wildman–Crippen MR) is 73.2 cm³/mol. The standard InChI is InChI=1S/C15H21NO3/c1-2-3-7-17-8-9-18-10-11-19-15-6-4-5-14(12-15)13-16/h4-6,12H,2-3,7-11H2,1H3. The van der Waals surface area contributed by atoms with E-state index in [9.17, 15) is 0 Å². The molecule has 0 fully saturated rings. The summed E-state index contributed by atoms with van der Waals surface area (Å²) in [5, 5.41) is 8.75. The van der Waals surface area contributed by atoms with E-state index in [1.54, 1.807) is 18.2 Å². The summed E-state index contributed by atoms with van der Waals surface area (Å²) in [7, 11) is 0. The topological polar surface area (TPSA) is 51.5 Å². The zero-order valence-electron chi connectivity index (χ0n) is 11.4. The molecule has 0 saturated heterocycles. The molecule has 0 aliphatic rings. The molecule has 1 aromatic carbocycles. The fraction of sp³-hybridized carbons (Fsp3) is 0.533. The van der Waals surface area contributed by atoms with Crippen molar-refractivity contribution in [2.24, 2.45) is 0 Å². The van der Waals surface area contributed by atoms with Crippen molar-refractivity contribution >= 4 is 0 Å². The molecule has 0 saturated carbocycles. The predicted octanol–water partition coefficient (Wildman–Crippen LogP) is 2.77. The van der Waals surface area contributed by atoms with Crippen LogP contribution in [-0.4, -0.2) is 33.0 Å². The largest absolute Gasteiger partial charge is 0.491 e. The molecule has 0 aliphatic carbocycles. The summed E-state index contributed by atoms with van der Waals surface area (Å²) in [6.45, 7) is 5.16. The third-order valence-corrected chi connectivity index (χ3v) is 2.47. The Bertz CT molecular complexity index is 387. The molecule has 4 nitrogen and oxygen atoms in total. The van der Waals surface area contributed by atoms with E-state index >= 15 is 0 Å². The number of benzene rings is 1. The molecular weight excluding hydrogens is 242 g/mol. The van der Waals surface area contributed by atoms with Gasteiger partial charge in [0.15, 0.2) is 0 Å². The van der Waals surface area contributed by atoms with Gasteiger partial charge in [0.2, 0.25) is 0 Å². The fourth-order valence-corrected chi connectivity index (χ4v) is 1.44. The first-order valence-electron chi connectivity index (χ1n) is 6.65. The van der Waals surface area contributed by atoms with E-state index < -0.39 is 0 Å². The van der Waals surface area contributed by atoms with Gasteiger partial charge >= 0.3 is 0 Å². The van der Waals surface area contributed by atoms with Crippen molar-refractivity contribution < 1.29 is 14.2 Å². The number of rotatable bonds is 10. The SMILES string of the molecule is CCCCOCCOCCOc1cccc(C#N)c1. The van der Waals surface area contributed by atoms with E-state index in [0.717, 1.165) is 19.4 Å². The van der Waals surface area contributed by atoms with Crippen LogP contribution >= 0.6 is 0 Å². The molecule has 0 heterocycles. The van der Waals surface area contributed by atoms with Gasteiger partial charge in [-0.15, -0.1) is 0 Å². The normalized spacial score (nSPS) is 10.1. The van der Waals surface area contributed by atoms with E-state index in [1.165, 1.54) is 0 Å². The number of nitriles is 1. The number of ether oxygens (including phenoxy) is 3. The van der Waals surface area contributed by atoms with Crippen LogP contribution in [0.5, 0.6) is 5.75 Å². The summed E-state index contributed by atoms with van der Waals surface area (Å²) in [6, 6.07) is 9.17. The van der Waals surface area contributed by atoms with Gasteiger partial charge in [-0.2, -0.15) is 5.26 Å². The minimum absolute atomic E-state index is 0.476. The van der Waals surface area contributed by atoms with Gasteiger partial charge < -0.3 is 14.2 Å². The Kier molecular flexibility index (Phi) is 8.45. The number of hydrogen-bond donors (Lipinski definition) is 0. The summed E-state index contributed by atoms with van der Waals surface area (Å²) < 4.78 is 16.2. The van der Waals surface area contributed by atoms with E-state index in [2.05, 4.69) is 13.0 Å². The van der Waals surface area contributed by atoms with Crippen molar-refractivity contribution in [3.8, 4) is 11.8 Å². The molecular formula is C15H21NO3. The number of hydrogen-bond acceptors (Lipinski definition) is 4. The Morgan fingerprint density at radius 3 is 2.53 bits per heavy atom. The van der Waals surface area contributed by atoms with Crippen molar-refractivity contribution in [1.29, 1.82) is 5.26 Å². The third-order valence-electron chi connectivity index (χ3n) is 2.47. The van der Waals surface area contributed by atoms with Gasteiger partial charge in [-0.05, 0) is 24.6 Å². The Labute approximate surface area is 114 Å². The minimum Gasteiger partial charge on any atom is -0.491 e. The summed E-state index contributed by atoms with van der Waals surface area (Å²) >= 11 is 0. The molecule has 0 spiro atoms. The van der Waals surface area contributed by atoms with Crippen molar-refractivity contribution in [2.75, 3.05) is 33.0 Å². The lowest BCUT2D eigenvalue weighted by Crippen LogP contribution is -2.11. The van der Waals surface area contributed by atoms with Crippen LogP contribution in [-0.2, 0) is 9.47 Å². The quantitative estimate of drug-likeness (QED) is 0.609. The summed E-state index contributed by atoms with van der Waals surface area (Å²) in [4.78, 5) is 0. The second kappa shape index (κ2) is 10.4. The van der Waals surface area contributed by atoms with E-state index in [1.807, 2.05) is 6.07 Å². The third kappa shape index (κ3) is 7.45. The molecule has 19 heavy (non-hydrogen) atoms. The van der Waals surface area contributed by atoms with Gasteiger partial charge in [0.1, 0.15) is 12.4 Å². The summed E-state index contributed by atoms with van der Waals surface area (Å²) in [5.41, 5.74) is 0.600. The van der Waals surface area contributed by atoms with Gasteiger partial charge in [0.05, 0.1) is 31.5 Å². The highest BCUT2D eigenvalue weighted by Gasteiger charge is 1.96.